The number of hydrogen-bond donors (Lipinski definition) is 2. The summed E-state index contributed by atoms with van der Waals surface area (Å²) in [5.41, 5.74) is -0.00570. The lowest BCUT2D eigenvalue weighted by molar-refractivity contribution is -0.133. The number of carbonyl (C=O) groups excluding carboxylic acids is 2. The Morgan fingerprint density at radius 2 is 1.81 bits per heavy atom. The van der Waals surface area contributed by atoms with Crippen LogP contribution in [-0.4, -0.2) is 34.0 Å². The van der Waals surface area contributed by atoms with Crippen molar-refractivity contribution in [3.8, 4) is 0 Å². The summed E-state index contributed by atoms with van der Waals surface area (Å²) < 4.78 is 0. The minimum absolute atomic E-state index is 0.0103. The largest absolute Gasteiger partial charge is 0.387 e. The Morgan fingerprint density at radius 3 is 2.48 bits per heavy atom. The molecule has 2 fully saturated rings. The molecule has 1 aliphatic carbocycles. The lowest BCUT2D eigenvalue weighted by atomic mass is 9.82. The second kappa shape index (κ2) is 5.48. The summed E-state index contributed by atoms with van der Waals surface area (Å²) in [6.45, 7) is 0.0103. The number of nitrogens with one attached hydrogen (secondary N) is 1. The monoisotopic (exact) mass is 288 g/mol. The van der Waals surface area contributed by atoms with Crippen molar-refractivity contribution in [2.75, 3.05) is 6.54 Å². The third-order valence-corrected chi connectivity index (χ3v) is 4.49. The van der Waals surface area contributed by atoms with Crippen LogP contribution < -0.4 is 5.32 Å². The first-order valence-corrected chi connectivity index (χ1v) is 7.49. The molecule has 1 spiro atoms. The van der Waals surface area contributed by atoms with E-state index in [-0.39, 0.29) is 18.5 Å². The van der Waals surface area contributed by atoms with Crippen molar-refractivity contribution in [2.45, 2.75) is 43.7 Å². The van der Waals surface area contributed by atoms with Crippen LogP contribution in [0, 0.1) is 0 Å². The average molecular weight is 288 g/mol. The van der Waals surface area contributed by atoms with E-state index in [9.17, 15) is 14.7 Å². The molecule has 1 saturated carbocycles. The zero-order chi connectivity index (χ0) is 14.9. The minimum atomic E-state index is -0.848. The summed E-state index contributed by atoms with van der Waals surface area (Å²) in [6.07, 6.45) is 3.59. The lowest BCUT2D eigenvalue weighted by Gasteiger charge is -2.30. The SMILES string of the molecule is O=C1NC2(CCCCC2)C(=O)N1CC(O)c1ccccc1. The van der Waals surface area contributed by atoms with E-state index in [1.165, 1.54) is 4.90 Å². The van der Waals surface area contributed by atoms with E-state index in [2.05, 4.69) is 5.32 Å². The molecule has 1 aromatic rings. The molecule has 0 bridgehead atoms. The average Bonchev–Trinajstić information content (AvgIpc) is 2.73. The lowest BCUT2D eigenvalue weighted by Crippen LogP contribution is -2.48. The molecule has 0 radical (unpaired) electrons. The van der Waals surface area contributed by atoms with Gasteiger partial charge in [0.1, 0.15) is 5.54 Å². The van der Waals surface area contributed by atoms with E-state index in [4.69, 9.17) is 0 Å². The highest BCUT2D eigenvalue weighted by molar-refractivity contribution is 6.07. The molecule has 1 aliphatic heterocycles. The number of β-amino-alcohol motifs (C(OH)–C–C–N with tert-alkyl or cyclic N) is 1. The third-order valence-electron chi connectivity index (χ3n) is 4.49. The third kappa shape index (κ3) is 2.53. The number of aliphatic hydroxyl groups excluding tert-OH is 1. The minimum Gasteiger partial charge on any atom is -0.387 e. The predicted octanol–water partition coefficient (Wildman–Crippen LogP) is 1.97. The zero-order valence-electron chi connectivity index (χ0n) is 11.9. The van der Waals surface area contributed by atoms with Crippen LogP contribution >= 0.6 is 0 Å². The predicted molar refractivity (Wildman–Crippen MR) is 77.5 cm³/mol. The summed E-state index contributed by atoms with van der Waals surface area (Å²) in [7, 11) is 0. The van der Waals surface area contributed by atoms with Gasteiger partial charge < -0.3 is 10.4 Å². The van der Waals surface area contributed by atoms with Gasteiger partial charge in [0.2, 0.25) is 0 Å². The fraction of sp³-hybridized carbons (Fsp3) is 0.500. The van der Waals surface area contributed by atoms with E-state index in [1.807, 2.05) is 18.2 Å². The fourth-order valence-electron chi connectivity index (χ4n) is 3.29. The molecular formula is C16H20N2O3. The molecule has 1 unspecified atom stereocenters. The summed E-state index contributed by atoms with van der Waals surface area (Å²) in [4.78, 5) is 25.9. The van der Waals surface area contributed by atoms with E-state index < -0.39 is 11.6 Å². The Kier molecular flexibility index (Phi) is 3.68. The Balaban J connectivity index is 1.74. The Labute approximate surface area is 123 Å². The number of carbonyl (C=O) groups is 2. The van der Waals surface area contributed by atoms with Crippen molar-refractivity contribution in [1.82, 2.24) is 10.2 Å². The van der Waals surface area contributed by atoms with Crippen LogP contribution in [-0.2, 0) is 4.79 Å². The smallest absolute Gasteiger partial charge is 0.325 e. The van der Waals surface area contributed by atoms with Crippen molar-refractivity contribution in [1.29, 1.82) is 0 Å². The van der Waals surface area contributed by atoms with Crippen LogP contribution in [0.5, 0.6) is 0 Å². The molecule has 112 valence electrons. The number of aliphatic hydroxyl groups is 1. The summed E-state index contributed by atoms with van der Waals surface area (Å²) in [5.74, 6) is -0.179. The zero-order valence-corrected chi connectivity index (χ0v) is 11.9. The first-order chi connectivity index (χ1) is 10.1. The molecule has 2 N–H and O–H groups in total. The molecule has 5 nitrogen and oxygen atoms in total. The molecule has 1 atom stereocenters. The van der Waals surface area contributed by atoms with Crippen molar-refractivity contribution in [2.24, 2.45) is 0 Å². The number of urea groups is 1. The molecule has 2 aliphatic rings. The van der Waals surface area contributed by atoms with Gasteiger partial charge in [0.05, 0.1) is 12.6 Å². The highest BCUT2D eigenvalue weighted by Crippen LogP contribution is 2.34. The molecule has 0 aromatic heterocycles. The van der Waals surface area contributed by atoms with Crippen molar-refractivity contribution in [3.05, 3.63) is 35.9 Å². The number of imide groups is 1. The van der Waals surface area contributed by atoms with Crippen LogP contribution in [0.3, 0.4) is 0 Å². The Hall–Kier alpha value is -1.88. The highest BCUT2D eigenvalue weighted by Gasteiger charge is 2.51. The molecular weight excluding hydrogens is 268 g/mol. The van der Waals surface area contributed by atoms with Gasteiger partial charge in [0.15, 0.2) is 0 Å². The van der Waals surface area contributed by atoms with E-state index in [0.29, 0.717) is 18.4 Å². The van der Waals surface area contributed by atoms with Gasteiger partial charge in [-0.05, 0) is 18.4 Å². The number of hydrogen-bond acceptors (Lipinski definition) is 3. The number of benzene rings is 1. The number of amides is 3. The standard InChI is InChI=1S/C16H20N2O3/c19-13(12-7-3-1-4-8-12)11-18-14(20)16(17-15(18)21)9-5-2-6-10-16/h1,3-4,7-8,13,19H,2,5-6,9-11H2,(H,17,21). The topological polar surface area (TPSA) is 69.6 Å². The molecule has 3 amide bonds. The summed E-state index contributed by atoms with van der Waals surface area (Å²) in [5, 5.41) is 13.1. The van der Waals surface area contributed by atoms with Gasteiger partial charge in [-0.15, -0.1) is 0 Å². The Bertz CT molecular complexity index is 538. The molecule has 1 heterocycles. The maximum atomic E-state index is 12.6. The second-order valence-corrected chi connectivity index (χ2v) is 5.92. The quantitative estimate of drug-likeness (QED) is 0.836. The van der Waals surface area contributed by atoms with Gasteiger partial charge in [0, 0.05) is 0 Å². The summed E-state index contributed by atoms with van der Waals surface area (Å²) in [6, 6.07) is 8.72. The van der Waals surface area contributed by atoms with Crippen LogP contribution in [0.4, 0.5) is 4.79 Å². The Morgan fingerprint density at radius 1 is 1.14 bits per heavy atom. The van der Waals surface area contributed by atoms with Crippen LogP contribution in [0.15, 0.2) is 30.3 Å². The van der Waals surface area contributed by atoms with Gasteiger partial charge in [-0.3, -0.25) is 9.69 Å². The molecule has 5 heteroatoms. The maximum absolute atomic E-state index is 12.6. The van der Waals surface area contributed by atoms with Gasteiger partial charge in [-0.2, -0.15) is 0 Å². The van der Waals surface area contributed by atoms with Crippen molar-refractivity contribution < 1.29 is 14.7 Å². The van der Waals surface area contributed by atoms with E-state index in [0.717, 1.165) is 19.3 Å². The summed E-state index contributed by atoms with van der Waals surface area (Å²) >= 11 is 0. The van der Waals surface area contributed by atoms with Crippen molar-refractivity contribution >= 4 is 11.9 Å². The first kappa shape index (κ1) is 14.1. The number of nitrogens with zero attached hydrogens (tertiary/aromatic N) is 1. The fourth-order valence-corrected chi connectivity index (χ4v) is 3.29. The maximum Gasteiger partial charge on any atom is 0.325 e. The highest BCUT2D eigenvalue weighted by atomic mass is 16.3. The first-order valence-electron chi connectivity index (χ1n) is 7.49. The van der Waals surface area contributed by atoms with Crippen LogP contribution in [0.2, 0.25) is 0 Å². The molecule has 21 heavy (non-hydrogen) atoms. The van der Waals surface area contributed by atoms with Gasteiger partial charge in [-0.1, -0.05) is 49.6 Å². The van der Waals surface area contributed by atoms with Crippen LogP contribution in [0.25, 0.3) is 0 Å². The normalized spacial score (nSPS) is 22.4. The number of rotatable bonds is 3. The molecule has 1 saturated heterocycles. The molecule has 1 aromatic carbocycles. The van der Waals surface area contributed by atoms with Gasteiger partial charge in [-0.25, -0.2) is 4.79 Å². The second-order valence-electron chi connectivity index (χ2n) is 5.92. The van der Waals surface area contributed by atoms with Gasteiger partial charge >= 0.3 is 6.03 Å². The molecule has 3 rings (SSSR count). The van der Waals surface area contributed by atoms with E-state index in [1.54, 1.807) is 12.1 Å². The van der Waals surface area contributed by atoms with Gasteiger partial charge in [0.25, 0.3) is 5.91 Å². The van der Waals surface area contributed by atoms with Crippen molar-refractivity contribution in [3.63, 3.8) is 0 Å². The van der Waals surface area contributed by atoms with Crippen LogP contribution in [0.1, 0.15) is 43.8 Å². The van der Waals surface area contributed by atoms with E-state index >= 15 is 0 Å².